The molecule has 4 rings (SSSR count). The van der Waals surface area contributed by atoms with Crippen LogP contribution in [0.4, 0.5) is 0 Å². The largest absolute Gasteiger partial charge is 0.345 e. The summed E-state index contributed by atoms with van der Waals surface area (Å²) in [5, 5.41) is 0. The fourth-order valence-corrected chi connectivity index (χ4v) is 4.91. The van der Waals surface area contributed by atoms with Gasteiger partial charge in [0.25, 0.3) is 5.91 Å². The topological polar surface area (TPSA) is 40.6 Å². The maximum atomic E-state index is 13.0. The van der Waals surface area contributed by atoms with Crippen LogP contribution in [0, 0.1) is 12.3 Å². The van der Waals surface area contributed by atoms with Gasteiger partial charge in [0.15, 0.2) is 0 Å². The molecule has 2 saturated heterocycles. The number of hydrogen-bond donors (Lipinski definition) is 0. The lowest BCUT2D eigenvalue weighted by atomic mass is 9.67. The van der Waals surface area contributed by atoms with Gasteiger partial charge in [0.05, 0.1) is 5.92 Å². The molecule has 146 valence electrons. The van der Waals surface area contributed by atoms with Crippen LogP contribution in [0.1, 0.15) is 46.7 Å². The molecule has 2 aliphatic heterocycles. The zero-order valence-electron chi connectivity index (χ0n) is 16.7. The van der Waals surface area contributed by atoms with Crippen molar-refractivity contribution in [3.63, 3.8) is 0 Å². The molecule has 2 amide bonds. The minimum absolute atomic E-state index is 0.0708. The second kappa shape index (κ2) is 7.42. The first-order chi connectivity index (χ1) is 13.5. The van der Waals surface area contributed by atoms with Gasteiger partial charge in [-0.05, 0) is 48.8 Å². The molecule has 0 aromatic heterocycles. The lowest BCUT2D eigenvalue weighted by molar-refractivity contribution is -0.139. The second-order valence-electron chi connectivity index (χ2n) is 8.47. The van der Waals surface area contributed by atoms with Gasteiger partial charge < -0.3 is 9.80 Å². The van der Waals surface area contributed by atoms with E-state index in [9.17, 15) is 9.59 Å². The number of likely N-dealkylation sites (N-methyl/N-ethyl adjacent to an activating group) is 1. The van der Waals surface area contributed by atoms with Gasteiger partial charge in [-0.3, -0.25) is 9.59 Å². The third-order valence-corrected chi connectivity index (χ3v) is 6.57. The number of likely N-dealkylation sites (tertiary alicyclic amines) is 2. The summed E-state index contributed by atoms with van der Waals surface area (Å²) in [5.74, 6) is 0.279. The van der Waals surface area contributed by atoms with Crippen molar-refractivity contribution in [2.24, 2.45) is 5.41 Å². The summed E-state index contributed by atoms with van der Waals surface area (Å²) >= 11 is 0. The van der Waals surface area contributed by atoms with Gasteiger partial charge in [0.1, 0.15) is 0 Å². The number of benzene rings is 2. The van der Waals surface area contributed by atoms with Crippen molar-refractivity contribution in [3.05, 3.63) is 71.3 Å². The first kappa shape index (κ1) is 18.7. The van der Waals surface area contributed by atoms with Crippen LogP contribution in [0.5, 0.6) is 0 Å². The summed E-state index contributed by atoms with van der Waals surface area (Å²) in [7, 11) is 1.92. The van der Waals surface area contributed by atoms with E-state index in [0.717, 1.165) is 55.6 Å². The Morgan fingerprint density at radius 2 is 1.64 bits per heavy atom. The number of aryl methyl sites for hydroxylation is 1. The highest BCUT2D eigenvalue weighted by Gasteiger charge is 2.45. The van der Waals surface area contributed by atoms with Crippen molar-refractivity contribution >= 4 is 11.8 Å². The van der Waals surface area contributed by atoms with Gasteiger partial charge in [-0.1, -0.05) is 48.5 Å². The van der Waals surface area contributed by atoms with Crippen molar-refractivity contribution < 1.29 is 9.59 Å². The van der Waals surface area contributed by atoms with Crippen LogP contribution in [0.2, 0.25) is 0 Å². The Hall–Kier alpha value is -2.62. The summed E-state index contributed by atoms with van der Waals surface area (Å²) in [6, 6.07) is 17.9. The monoisotopic (exact) mass is 376 g/mol. The van der Waals surface area contributed by atoms with Crippen LogP contribution >= 0.6 is 0 Å². The number of carbonyl (C=O) groups excluding carboxylic acids is 2. The zero-order chi connectivity index (χ0) is 19.7. The first-order valence-electron chi connectivity index (χ1n) is 10.1. The molecule has 2 heterocycles. The molecular weight excluding hydrogens is 348 g/mol. The molecule has 1 spiro atoms. The molecule has 0 radical (unpaired) electrons. The highest BCUT2D eigenvalue weighted by Crippen LogP contribution is 2.45. The Morgan fingerprint density at radius 3 is 2.32 bits per heavy atom. The lowest BCUT2D eigenvalue weighted by Crippen LogP contribution is -2.53. The van der Waals surface area contributed by atoms with Crippen LogP contribution in [0.25, 0.3) is 0 Å². The van der Waals surface area contributed by atoms with Crippen molar-refractivity contribution in [3.8, 4) is 0 Å². The van der Waals surface area contributed by atoms with Crippen LogP contribution < -0.4 is 0 Å². The van der Waals surface area contributed by atoms with E-state index in [0.29, 0.717) is 0 Å². The summed E-state index contributed by atoms with van der Waals surface area (Å²) in [6.07, 6.45) is 2.78. The van der Waals surface area contributed by atoms with Crippen molar-refractivity contribution in [2.75, 3.05) is 26.7 Å². The molecule has 0 aliphatic carbocycles. The smallest absolute Gasteiger partial charge is 0.254 e. The second-order valence-corrected chi connectivity index (χ2v) is 8.47. The van der Waals surface area contributed by atoms with E-state index in [1.54, 1.807) is 0 Å². The Morgan fingerprint density at radius 1 is 1.00 bits per heavy atom. The highest BCUT2D eigenvalue weighted by atomic mass is 16.2. The van der Waals surface area contributed by atoms with E-state index in [-0.39, 0.29) is 23.1 Å². The average molecular weight is 377 g/mol. The molecule has 4 heteroatoms. The molecule has 1 unspecified atom stereocenters. The Labute approximate surface area is 167 Å². The highest BCUT2D eigenvalue weighted by molar-refractivity contribution is 5.95. The molecule has 2 fully saturated rings. The Kier molecular flexibility index (Phi) is 4.96. The molecule has 0 saturated carbocycles. The van der Waals surface area contributed by atoms with E-state index in [4.69, 9.17) is 0 Å². The maximum absolute atomic E-state index is 13.0. The van der Waals surface area contributed by atoms with Crippen LogP contribution in [-0.2, 0) is 4.79 Å². The van der Waals surface area contributed by atoms with Gasteiger partial charge >= 0.3 is 0 Å². The fraction of sp³-hybridized carbons (Fsp3) is 0.417. The molecule has 2 aromatic rings. The van der Waals surface area contributed by atoms with E-state index in [1.165, 1.54) is 0 Å². The van der Waals surface area contributed by atoms with Gasteiger partial charge in [0, 0.05) is 32.2 Å². The quantitative estimate of drug-likeness (QED) is 0.798. The van der Waals surface area contributed by atoms with E-state index in [1.807, 2.05) is 66.2 Å². The van der Waals surface area contributed by atoms with Crippen LogP contribution in [-0.4, -0.2) is 48.3 Å². The minimum Gasteiger partial charge on any atom is -0.345 e. The lowest BCUT2D eigenvalue weighted by Gasteiger charge is -2.49. The van der Waals surface area contributed by atoms with Crippen molar-refractivity contribution in [2.45, 2.75) is 32.1 Å². The molecule has 28 heavy (non-hydrogen) atoms. The summed E-state index contributed by atoms with van der Waals surface area (Å²) < 4.78 is 0. The number of carbonyl (C=O) groups is 2. The SMILES string of the molecule is Cc1ccccc1C(=O)N1CCC2(CC1)CC(c1ccccc1)C(=O)N(C)C2. The normalized spacial score (nSPS) is 21.8. The van der Waals surface area contributed by atoms with Gasteiger partial charge in [-0.2, -0.15) is 0 Å². The van der Waals surface area contributed by atoms with Crippen molar-refractivity contribution in [1.82, 2.24) is 9.80 Å². The van der Waals surface area contributed by atoms with Gasteiger partial charge in [-0.25, -0.2) is 0 Å². The van der Waals surface area contributed by atoms with Crippen LogP contribution in [0.15, 0.2) is 54.6 Å². The minimum atomic E-state index is -0.0708. The van der Waals surface area contributed by atoms with Gasteiger partial charge in [0.2, 0.25) is 5.91 Å². The van der Waals surface area contributed by atoms with E-state index >= 15 is 0 Å². The molecule has 2 aliphatic rings. The number of rotatable bonds is 2. The first-order valence-corrected chi connectivity index (χ1v) is 10.1. The maximum Gasteiger partial charge on any atom is 0.254 e. The summed E-state index contributed by atoms with van der Waals surface area (Å²) in [4.78, 5) is 29.7. The molecule has 1 atom stereocenters. The molecule has 2 aromatic carbocycles. The third-order valence-electron chi connectivity index (χ3n) is 6.57. The third kappa shape index (κ3) is 3.44. The fourth-order valence-electron chi connectivity index (χ4n) is 4.91. The molecule has 0 N–H and O–H groups in total. The Bertz CT molecular complexity index is 869. The standard InChI is InChI=1S/C24H28N2O2/c1-18-8-6-7-11-20(18)23(28)26-14-12-24(13-15-26)16-21(22(27)25(2)17-24)19-9-4-3-5-10-19/h3-11,21H,12-17H2,1-2H3. The zero-order valence-corrected chi connectivity index (χ0v) is 16.7. The predicted octanol–water partition coefficient (Wildman–Crippen LogP) is 3.86. The average Bonchev–Trinajstić information content (AvgIpc) is 2.72. The molecular formula is C24H28N2O2. The van der Waals surface area contributed by atoms with Crippen molar-refractivity contribution in [1.29, 1.82) is 0 Å². The van der Waals surface area contributed by atoms with E-state index < -0.39 is 0 Å². The number of amides is 2. The van der Waals surface area contributed by atoms with Gasteiger partial charge in [-0.15, -0.1) is 0 Å². The Balaban J connectivity index is 1.49. The molecule has 0 bridgehead atoms. The summed E-state index contributed by atoms with van der Waals surface area (Å²) in [5.41, 5.74) is 3.04. The number of piperidine rings is 2. The van der Waals surface area contributed by atoms with E-state index in [2.05, 4.69) is 12.1 Å². The number of nitrogens with zero attached hydrogens (tertiary/aromatic N) is 2. The summed E-state index contributed by atoms with van der Waals surface area (Å²) in [6.45, 7) is 4.31. The number of hydrogen-bond acceptors (Lipinski definition) is 2. The predicted molar refractivity (Wildman–Crippen MR) is 110 cm³/mol. The van der Waals surface area contributed by atoms with Crippen LogP contribution in [0.3, 0.4) is 0 Å². The molecule has 4 nitrogen and oxygen atoms in total.